The molecule has 86 valence electrons. The molecule has 0 heterocycles. The first-order valence-electron chi connectivity index (χ1n) is 4.60. The number of hydrogen-bond acceptors (Lipinski definition) is 1. The van der Waals surface area contributed by atoms with Gasteiger partial charge in [0.25, 0.3) is 0 Å². The minimum Gasteiger partial charge on any atom is -0.324 e. The minimum atomic E-state index is -0.0244. The molecule has 1 aromatic rings. The van der Waals surface area contributed by atoms with E-state index in [1.54, 1.807) is 6.08 Å². The van der Waals surface area contributed by atoms with E-state index < -0.39 is 0 Å². The molecule has 0 atom stereocenters. The van der Waals surface area contributed by atoms with Crippen molar-refractivity contribution in [2.75, 3.05) is 5.32 Å². The molecule has 0 fully saturated rings. The summed E-state index contributed by atoms with van der Waals surface area (Å²) in [6, 6.07) is 3.77. The Morgan fingerprint density at radius 2 is 1.88 bits per heavy atom. The Hall–Kier alpha value is -0.130. The van der Waals surface area contributed by atoms with Crippen molar-refractivity contribution in [3.05, 3.63) is 38.2 Å². The largest absolute Gasteiger partial charge is 0.324 e. The number of amides is 1. The van der Waals surface area contributed by atoms with Crippen molar-refractivity contribution >= 4 is 59.4 Å². The van der Waals surface area contributed by atoms with Gasteiger partial charge >= 0.3 is 0 Å². The van der Waals surface area contributed by atoms with Gasteiger partial charge in [-0.25, -0.2) is 0 Å². The van der Waals surface area contributed by atoms with E-state index in [4.69, 9.17) is 0 Å². The number of halogens is 3. The molecule has 0 saturated heterocycles. The van der Waals surface area contributed by atoms with Crippen LogP contribution in [0.5, 0.6) is 0 Å². The highest BCUT2D eigenvalue weighted by Crippen LogP contribution is 2.34. The van der Waals surface area contributed by atoms with Gasteiger partial charge in [-0.2, -0.15) is 0 Å². The highest BCUT2D eigenvalue weighted by atomic mass is 79.9. The van der Waals surface area contributed by atoms with Crippen molar-refractivity contribution in [2.24, 2.45) is 0 Å². The van der Waals surface area contributed by atoms with Crippen LogP contribution in [0.25, 0.3) is 0 Å². The van der Waals surface area contributed by atoms with Crippen LogP contribution in [-0.4, -0.2) is 5.91 Å². The standard InChI is InChI=1S/C11H10Br3NO/c1-2-3-4-10(16)15-11-8(13)5-7(12)6-9(11)14/h2,5-6H,1,3-4H2,(H,15,16). The zero-order chi connectivity index (χ0) is 12.1. The molecular weight excluding hydrogens is 402 g/mol. The van der Waals surface area contributed by atoms with Crippen molar-refractivity contribution in [3.63, 3.8) is 0 Å². The number of anilines is 1. The lowest BCUT2D eigenvalue weighted by Gasteiger charge is -2.09. The van der Waals surface area contributed by atoms with Gasteiger partial charge in [-0.3, -0.25) is 4.79 Å². The van der Waals surface area contributed by atoms with Crippen LogP contribution in [0.1, 0.15) is 12.8 Å². The van der Waals surface area contributed by atoms with Crippen LogP contribution in [-0.2, 0) is 4.79 Å². The molecule has 0 radical (unpaired) electrons. The molecule has 0 aromatic heterocycles. The lowest BCUT2D eigenvalue weighted by atomic mass is 10.2. The van der Waals surface area contributed by atoms with Gasteiger partial charge in [0.1, 0.15) is 0 Å². The Balaban J connectivity index is 2.81. The molecule has 16 heavy (non-hydrogen) atoms. The SMILES string of the molecule is C=CCCC(=O)Nc1c(Br)cc(Br)cc1Br. The van der Waals surface area contributed by atoms with Crippen LogP contribution in [0.3, 0.4) is 0 Å². The topological polar surface area (TPSA) is 29.1 Å². The Morgan fingerprint density at radius 3 is 2.38 bits per heavy atom. The first-order chi connectivity index (χ1) is 7.54. The fourth-order valence-electron chi connectivity index (χ4n) is 1.10. The van der Waals surface area contributed by atoms with Crippen molar-refractivity contribution < 1.29 is 4.79 Å². The normalized spacial score (nSPS) is 9.94. The number of nitrogens with one attached hydrogen (secondary N) is 1. The van der Waals surface area contributed by atoms with Gasteiger partial charge in [-0.1, -0.05) is 22.0 Å². The summed E-state index contributed by atoms with van der Waals surface area (Å²) in [7, 11) is 0. The van der Waals surface area contributed by atoms with Crippen LogP contribution in [0.4, 0.5) is 5.69 Å². The predicted octanol–water partition coefficient (Wildman–Crippen LogP) is 4.88. The van der Waals surface area contributed by atoms with Crippen molar-refractivity contribution in [2.45, 2.75) is 12.8 Å². The van der Waals surface area contributed by atoms with E-state index in [1.807, 2.05) is 12.1 Å². The number of carbonyl (C=O) groups is 1. The number of allylic oxidation sites excluding steroid dienone is 1. The molecule has 1 aromatic carbocycles. The molecule has 0 bridgehead atoms. The zero-order valence-electron chi connectivity index (χ0n) is 8.40. The lowest BCUT2D eigenvalue weighted by molar-refractivity contribution is -0.116. The molecular formula is C11H10Br3NO. The second kappa shape index (κ2) is 6.57. The van der Waals surface area contributed by atoms with Crippen LogP contribution >= 0.6 is 47.8 Å². The second-order valence-electron chi connectivity index (χ2n) is 3.12. The molecule has 0 unspecified atom stereocenters. The average Bonchev–Trinajstić information content (AvgIpc) is 2.20. The molecule has 0 aliphatic rings. The smallest absolute Gasteiger partial charge is 0.224 e. The molecule has 2 nitrogen and oxygen atoms in total. The van der Waals surface area contributed by atoms with E-state index in [0.29, 0.717) is 12.8 Å². The van der Waals surface area contributed by atoms with Crippen LogP contribution in [0, 0.1) is 0 Å². The third kappa shape index (κ3) is 4.03. The Labute approximate surface area is 120 Å². The fourth-order valence-corrected chi connectivity index (χ4v) is 3.55. The van der Waals surface area contributed by atoms with Crippen LogP contribution in [0.2, 0.25) is 0 Å². The molecule has 1 rings (SSSR count). The summed E-state index contributed by atoms with van der Waals surface area (Å²) in [4.78, 5) is 11.5. The molecule has 1 amide bonds. The Bertz CT molecular complexity index is 395. The zero-order valence-corrected chi connectivity index (χ0v) is 13.2. The predicted molar refractivity (Wildman–Crippen MR) is 77.6 cm³/mol. The first-order valence-corrected chi connectivity index (χ1v) is 6.97. The summed E-state index contributed by atoms with van der Waals surface area (Å²) in [6.45, 7) is 3.58. The fraction of sp³-hybridized carbons (Fsp3) is 0.182. The highest BCUT2D eigenvalue weighted by Gasteiger charge is 2.09. The molecule has 0 spiro atoms. The number of hydrogen-bond donors (Lipinski definition) is 1. The Morgan fingerprint density at radius 1 is 1.31 bits per heavy atom. The summed E-state index contributed by atoms with van der Waals surface area (Å²) in [5.41, 5.74) is 0.747. The van der Waals surface area contributed by atoms with E-state index in [1.165, 1.54) is 0 Å². The second-order valence-corrected chi connectivity index (χ2v) is 5.74. The molecule has 0 saturated carbocycles. The number of rotatable bonds is 4. The molecule has 0 aliphatic carbocycles. The number of benzene rings is 1. The maximum Gasteiger partial charge on any atom is 0.224 e. The van der Waals surface area contributed by atoms with Gasteiger partial charge in [0.05, 0.1) is 5.69 Å². The first kappa shape index (κ1) is 13.9. The number of carbonyl (C=O) groups excluding carboxylic acids is 1. The van der Waals surface area contributed by atoms with E-state index in [-0.39, 0.29) is 5.91 Å². The summed E-state index contributed by atoms with van der Waals surface area (Å²) >= 11 is 10.2. The molecule has 1 N–H and O–H groups in total. The van der Waals surface area contributed by atoms with E-state index in [0.717, 1.165) is 19.1 Å². The van der Waals surface area contributed by atoms with Gasteiger partial charge in [-0.15, -0.1) is 6.58 Å². The Kier molecular flexibility index (Phi) is 5.72. The van der Waals surface area contributed by atoms with Crippen LogP contribution < -0.4 is 5.32 Å². The maximum atomic E-state index is 11.5. The van der Waals surface area contributed by atoms with Gasteiger partial charge < -0.3 is 5.32 Å². The summed E-state index contributed by atoms with van der Waals surface area (Å²) in [5, 5.41) is 2.84. The maximum absolute atomic E-state index is 11.5. The molecule has 0 aliphatic heterocycles. The van der Waals surface area contributed by atoms with Gasteiger partial charge in [0.15, 0.2) is 0 Å². The third-order valence-corrected chi connectivity index (χ3v) is 3.56. The quantitative estimate of drug-likeness (QED) is 0.703. The van der Waals surface area contributed by atoms with Crippen molar-refractivity contribution in [3.8, 4) is 0 Å². The van der Waals surface area contributed by atoms with Gasteiger partial charge in [0, 0.05) is 19.8 Å². The lowest BCUT2D eigenvalue weighted by Crippen LogP contribution is -2.11. The monoisotopic (exact) mass is 409 g/mol. The summed E-state index contributed by atoms with van der Waals surface area (Å²) in [5.74, 6) is -0.0244. The summed E-state index contributed by atoms with van der Waals surface area (Å²) < 4.78 is 2.61. The molecule has 5 heteroatoms. The van der Waals surface area contributed by atoms with Gasteiger partial charge in [-0.05, 0) is 50.4 Å². The highest BCUT2D eigenvalue weighted by molar-refractivity contribution is 9.11. The van der Waals surface area contributed by atoms with E-state index in [2.05, 4.69) is 59.7 Å². The average molecular weight is 412 g/mol. The minimum absolute atomic E-state index is 0.0244. The summed E-state index contributed by atoms with van der Waals surface area (Å²) in [6.07, 6.45) is 2.85. The van der Waals surface area contributed by atoms with E-state index in [9.17, 15) is 4.79 Å². The van der Waals surface area contributed by atoms with Crippen LogP contribution in [0.15, 0.2) is 38.2 Å². The third-order valence-electron chi connectivity index (χ3n) is 1.85. The van der Waals surface area contributed by atoms with Crippen molar-refractivity contribution in [1.82, 2.24) is 0 Å². The van der Waals surface area contributed by atoms with Gasteiger partial charge in [0.2, 0.25) is 5.91 Å². The van der Waals surface area contributed by atoms with E-state index >= 15 is 0 Å². The van der Waals surface area contributed by atoms with Crippen molar-refractivity contribution in [1.29, 1.82) is 0 Å².